The summed E-state index contributed by atoms with van der Waals surface area (Å²) in [5, 5.41) is 6.71. The molecule has 33 heavy (non-hydrogen) atoms. The molecule has 1 aliphatic rings. The van der Waals surface area contributed by atoms with Gasteiger partial charge in [0.15, 0.2) is 5.96 Å². The number of rotatable bonds is 10. The van der Waals surface area contributed by atoms with Gasteiger partial charge in [-0.05, 0) is 43.2 Å². The van der Waals surface area contributed by atoms with Crippen molar-refractivity contribution in [1.82, 2.24) is 15.5 Å². The number of guanidine groups is 1. The Hall–Kier alpha value is -2.04. The van der Waals surface area contributed by atoms with Gasteiger partial charge >= 0.3 is 0 Å². The van der Waals surface area contributed by atoms with Crippen LogP contribution in [0.3, 0.4) is 0 Å². The lowest BCUT2D eigenvalue weighted by atomic mass is 10.1. The highest BCUT2D eigenvalue weighted by Gasteiger charge is 2.10. The maximum Gasteiger partial charge on any atom is 0.191 e. The Labute approximate surface area is 214 Å². The molecule has 3 rings (SSSR count). The molecule has 0 saturated carbocycles. The number of nitrogens with zero attached hydrogens (tertiary/aromatic N) is 2. The fraction of sp³-hybridized carbons (Fsp3) is 0.480. The van der Waals surface area contributed by atoms with E-state index < -0.39 is 0 Å². The van der Waals surface area contributed by atoms with Crippen LogP contribution < -0.4 is 20.1 Å². The molecule has 0 unspecified atom stereocenters. The van der Waals surface area contributed by atoms with E-state index in [1.807, 2.05) is 18.2 Å². The normalized spacial score (nSPS) is 14.3. The second-order valence-electron chi connectivity index (χ2n) is 7.81. The molecule has 0 aliphatic carbocycles. The quantitative estimate of drug-likeness (QED) is 0.260. The molecule has 1 aliphatic heterocycles. The van der Waals surface area contributed by atoms with E-state index in [9.17, 15) is 0 Å². The molecule has 1 fully saturated rings. The smallest absolute Gasteiger partial charge is 0.191 e. The maximum atomic E-state index is 5.97. The van der Waals surface area contributed by atoms with Gasteiger partial charge in [-0.1, -0.05) is 24.3 Å². The van der Waals surface area contributed by atoms with Crippen molar-refractivity contribution in [3.05, 3.63) is 59.2 Å². The van der Waals surface area contributed by atoms with Gasteiger partial charge in [0.2, 0.25) is 0 Å². The SMILES string of the molecule is CCNC(=NCc1cccc(OCCN2CCOCC2)c1)NCc1ccc(C)cc1OC.I. The minimum atomic E-state index is 0. The van der Waals surface area contributed by atoms with Crippen molar-refractivity contribution < 1.29 is 14.2 Å². The van der Waals surface area contributed by atoms with Crippen molar-refractivity contribution in [3.8, 4) is 11.5 Å². The first-order chi connectivity index (χ1) is 15.7. The van der Waals surface area contributed by atoms with E-state index in [-0.39, 0.29) is 24.0 Å². The number of nitrogens with one attached hydrogen (secondary N) is 2. The largest absolute Gasteiger partial charge is 0.496 e. The van der Waals surface area contributed by atoms with Gasteiger partial charge in [0.05, 0.1) is 26.9 Å². The second-order valence-corrected chi connectivity index (χ2v) is 7.81. The summed E-state index contributed by atoms with van der Waals surface area (Å²) >= 11 is 0. The minimum absolute atomic E-state index is 0. The third-order valence-electron chi connectivity index (χ3n) is 5.33. The number of benzene rings is 2. The first-order valence-corrected chi connectivity index (χ1v) is 11.4. The first-order valence-electron chi connectivity index (χ1n) is 11.4. The zero-order chi connectivity index (χ0) is 22.6. The third kappa shape index (κ3) is 9.38. The van der Waals surface area contributed by atoms with Crippen LogP contribution >= 0.6 is 24.0 Å². The molecule has 0 bridgehead atoms. The molecule has 8 heteroatoms. The molecule has 2 N–H and O–H groups in total. The van der Waals surface area contributed by atoms with Crippen LogP contribution in [0.5, 0.6) is 11.5 Å². The number of hydrogen-bond donors (Lipinski definition) is 2. The van der Waals surface area contributed by atoms with E-state index in [1.54, 1.807) is 7.11 Å². The molecule has 1 heterocycles. The number of morpholine rings is 1. The van der Waals surface area contributed by atoms with E-state index in [4.69, 9.17) is 19.2 Å². The molecule has 0 atom stereocenters. The molecule has 2 aromatic carbocycles. The molecule has 1 saturated heterocycles. The highest BCUT2D eigenvalue weighted by Crippen LogP contribution is 2.19. The van der Waals surface area contributed by atoms with Gasteiger partial charge in [-0.2, -0.15) is 0 Å². The van der Waals surface area contributed by atoms with Crippen LogP contribution in [-0.2, 0) is 17.8 Å². The standard InChI is InChI=1S/C25H36N4O3.HI/c1-4-26-25(28-19-22-9-8-20(2)16-24(22)30-3)27-18-21-6-5-7-23(17-21)32-15-12-29-10-13-31-14-11-29;/h5-9,16-17H,4,10-15,18-19H2,1-3H3,(H2,26,27,28);1H. The summed E-state index contributed by atoms with van der Waals surface area (Å²) in [7, 11) is 1.70. The Morgan fingerprint density at radius 1 is 1.12 bits per heavy atom. The Kier molecular flexibility index (Phi) is 12.3. The van der Waals surface area contributed by atoms with Crippen LogP contribution in [0.2, 0.25) is 0 Å². The van der Waals surface area contributed by atoms with Gasteiger partial charge in [-0.15, -0.1) is 24.0 Å². The van der Waals surface area contributed by atoms with E-state index in [0.717, 1.165) is 68.0 Å². The second kappa shape index (κ2) is 15.0. The predicted molar refractivity (Wildman–Crippen MR) is 144 cm³/mol. The monoisotopic (exact) mass is 568 g/mol. The maximum absolute atomic E-state index is 5.97. The molecular formula is C25H37IN4O3. The Balaban J connectivity index is 0.00000385. The van der Waals surface area contributed by atoms with Gasteiger partial charge in [0, 0.05) is 38.3 Å². The summed E-state index contributed by atoms with van der Waals surface area (Å²) in [5.41, 5.74) is 3.39. The van der Waals surface area contributed by atoms with E-state index in [1.165, 1.54) is 5.56 Å². The zero-order valence-electron chi connectivity index (χ0n) is 19.9. The van der Waals surface area contributed by atoms with Crippen molar-refractivity contribution in [2.24, 2.45) is 4.99 Å². The number of aliphatic imine (C=N–C) groups is 1. The van der Waals surface area contributed by atoms with Crippen molar-refractivity contribution in [2.75, 3.05) is 53.1 Å². The molecule has 0 spiro atoms. The van der Waals surface area contributed by atoms with Gasteiger partial charge in [0.25, 0.3) is 0 Å². The molecular weight excluding hydrogens is 531 g/mol. The van der Waals surface area contributed by atoms with Gasteiger partial charge in [-0.25, -0.2) is 4.99 Å². The van der Waals surface area contributed by atoms with E-state index in [0.29, 0.717) is 19.7 Å². The fourth-order valence-electron chi connectivity index (χ4n) is 3.54. The van der Waals surface area contributed by atoms with Gasteiger partial charge in [0.1, 0.15) is 18.1 Å². The summed E-state index contributed by atoms with van der Waals surface area (Å²) < 4.78 is 16.9. The minimum Gasteiger partial charge on any atom is -0.496 e. The highest BCUT2D eigenvalue weighted by molar-refractivity contribution is 14.0. The van der Waals surface area contributed by atoms with Gasteiger partial charge in [-0.3, -0.25) is 4.90 Å². The van der Waals surface area contributed by atoms with Crippen LogP contribution in [0.15, 0.2) is 47.5 Å². The van der Waals surface area contributed by atoms with Crippen LogP contribution in [-0.4, -0.2) is 64.0 Å². The summed E-state index contributed by atoms with van der Waals surface area (Å²) in [5.74, 6) is 2.54. The molecule has 182 valence electrons. The summed E-state index contributed by atoms with van der Waals surface area (Å²) in [6.07, 6.45) is 0. The molecule has 2 aromatic rings. The lowest BCUT2D eigenvalue weighted by Gasteiger charge is -2.26. The third-order valence-corrected chi connectivity index (χ3v) is 5.33. The van der Waals surface area contributed by atoms with Crippen molar-refractivity contribution >= 4 is 29.9 Å². The lowest BCUT2D eigenvalue weighted by Crippen LogP contribution is -2.38. The van der Waals surface area contributed by atoms with Crippen LogP contribution in [0, 0.1) is 6.92 Å². The summed E-state index contributed by atoms with van der Waals surface area (Å²) in [6, 6.07) is 14.4. The zero-order valence-corrected chi connectivity index (χ0v) is 22.3. The molecule has 0 aromatic heterocycles. The highest BCUT2D eigenvalue weighted by atomic mass is 127. The number of hydrogen-bond acceptors (Lipinski definition) is 5. The average Bonchev–Trinajstić information content (AvgIpc) is 2.82. The van der Waals surface area contributed by atoms with Gasteiger partial charge < -0.3 is 24.8 Å². The predicted octanol–water partition coefficient (Wildman–Crippen LogP) is 3.59. The van der Waals surface area contributed by atoms with E-state index in [2.05, 4.69) is 53.6 Å². The summed E-state index contributed by atoms with van der Waals surface area (Å²) in [4.78, 5) is 7.11. The molecule has 0 amide bonds. The first kappa shape index (κ1) is 27.2. The average molecular weight is 569 g/mol. The van der Waals surface area contributed by atoms with Crippen LogP contribution in [0.4, 0.5) is 0 Å². The van der Waals surface area contributed by atoms with Crippen molar-refractivity contribution in [2.45, 2.75) is 26.9 Å². The molecule has 0 radical (unpaired) electrons. The van der Waals surface area contributed by atoms with E-state index >= 15 is 0 Å². The van der Waals surface area contributed by atoms with Crippen molar-refractivity contribution in [3.63, 3.8) is 0 Å². The van der Waals surface area contributed by atoms with Crippen LogP contribution in [0.25, 0.3) is 0 Å². The van der Waals surface area contributed by atoms with Crippen molar-refractivity contribution in [1.29, 1.82) is 0 Å². The Bertz CT molecular complexity index is 872. The topological polar surface area (TPSA) is 67.4 Å². The fourth-order valence-corrected chi connectivity index (χ4v) is 3.54. The number of aryl methyl sites for hydroxylation is 1. The van der Waals surface area contributed by atoms with Crippen LogP contribution in [0.1, 0.15) is 23.6 Å². The Morgan fingerprint density at radius 3 is 2.70 bits per heavy atom. The summed E-state index contributed by atoms with van der Waals surface area (Å²) in [6.45, 7) is 11.3. The molecule has 7 nitrogen and oxygen atoms in total. The Morgan fingerprint density at radius 2 is 1.94 bits per heavy atom. The number of halogens is 1. The number of ether oxygens (including phenoxy) is 3. The lowest BCUT2D eigenvalue weighted by molar-refractivity contribution is 0.0322. The number of methoxy groups -OCH3 is 1.